The standard InChI is InChI=1S/C30H36F2N2O4/c1-21(2)27(20-37-18-23-9-5-3-6-10-23)34-29(36)30(31,32)28(35)26(33)17-22-13-15-25(16-14-22)38-19-24-11-7-4-8-12-24/h3-16,21,26-28,35H,17-20,33H2,1-2H3,(H,34,36)/t26?,27-,28?/m0/s1. The van der Waals surface area contributed by atoms with Gasteiger partial charge in [0.15, 0.2) is 0 Å². The van der Waals surface area contributed by atoms with Crippen molar-refractivity contribution in [3.63, 3.8) is 0 Å². The molecule has 0 spiro atoms. The quantitative estimate of drug-likeness (QED) is 0.288. The highest BCUT2D eigenvalue weighted by molar-refractivity contribution is 5.84. The van der Waals surface area contributed by atoms with Gasteiger partial charge in [-0.1, -0.05) is 86.6 Å². The normalized spacial score (nSPS) is 14.1. The Labute approximate surface area is 222 Å². The number of aliphatic hydroxyl groups is 1. The SMILES string of the molecule is CC(C)[C@H](COCc1ccccc1)NC(=O)C(F)(F)C(O)C(N)Cc1ccc(OCc2ccccc2)cc1. The lowest BCUT2D eigenvalue weighted by atomic mass is 9.96. The summed E-state index contributed by atoms with van der Waals surface area (Å²) in [7, 11) is 0. The molecule has 8 heteroatoms. The van der Waals surface area contributed by atoms with Gasteiger partial charge in [0.25, 0.3) is 5.91 Å². The van der Waals surface area contributed by atoms with Crippen molar-refractivity contribution in [3.05, 3.63) is 102 Å². The van der Waals surface area contributed by atoms with Crippen LogP contribution in [0.2, 0.25) is 0 Å². The van der Waals surface area contributed by atoms with Crippen LogP contribution < -0.4 is 15.8 Å². The van der Waals surface area contributed by atoms with Crippen LogP contribution >= 0.6 is 0 Å². The first-order valence-electron chi connectivity index (χ1n) is 12.7. The van der Waals surface area contributed by atoms with Crippen LogP contribution in [0.15, 0.2) is 84.9 Å². The number of nitrogens with one attached hydrogen (secondary N) is 1. The zero-order chi connectivity index (χ0) is 27.5. The molecule has 3 atom stereocenters. The van der Waals surface area contributed by atoms with Gasteiger partial charge >= 0.3 is 5.92 Å². The average molecular weight is 527 g/mol. The molecule has 204 valence electrons. The highest BCUT2D eigenvalue weighted by Crippen LogP contribution is 2.24. The van der Waals surface area contributed by atoms with E-state index in [1.54, 1.807) is 38.1 Å². The molecule has 0 bridgehead atoms. The molecule has 0 heterocycles. The Morgan fingerprint density at radius 1 is 0.895 bits per heavy atom. The van der Waals surface area contributed by atoms with Gasteiger partial charge < -0.3 is 25.6 Å². The van der Waals surface area contributed by atoms with Gasteiger partial charge in [-0.05, 0) is 41.2 Å². The van der Waals surface area contributed by atoms with Crippen molar-refractivity contribution in [3.8, 4) is 5.75 Å². The van der Waals surface area contributed by atoms with Gasteiger partial charge in [-0.2, -0.15) is 8.78 Å². The number of carbonyl (C=O) groups is 1. The van der Waals surface area contributed by atoms with E-state index in [-0.39, 0.29) is 18.9 Å². The summed E-state index contributed by atoms with van der Waals surface area (Å²) < 4.78 is 41.2. The zero-order valence-corrected chi connectivity index (χ0v) is 21.7. The van der Waals surface area contributed by atoms with Gasteiger partial charge in [-0.25, -0.2) is 0 Å². The number of ether oxygens (including phenoxy) is 2. The maximum Gasteiger partial charge on any atom is 0.351 e. The van der Waals surface area contributed by atoms with Crippen molar-refractivity contribution in [2.75, 3.05) is 6.61 Å². The Hall–Kier alpha value is -3.33. The molecule has 0 fully saturated rings. The molecule has 0 saturated carbocycles. The lowest BCUT2D eigenvalue weighted by molar-refractivity contribution is -0.167. The number of nitrogens with two attached hydrogens (primary N) is 1. The molecule has 0 aliphatic rings. The summed E-state index contributed by atoms with van der Waals surface area (Å²) in [4.78, 5) is 12.5. The Morgan fingerprint density at radius 3 is 2.00 bits per heavy atom. The molecule has 3 aromatic rings. The molecular weight excluding hydrogens is 490 g/mol. The zero-order valence-electron chi connectivity index (χ0n) is 21.7. The fourth-order valence-corrected chi connectivity index (χ4v) is 3.79. The van der Waals surface area contributed by atoms with E-state index >= 15 is 0 Å². The summed E-state index contributed by atoms with van der Waals surface area (Å²) in [6, 6.07) is 23.9. The smallest absolute Gasteiger partial charge is 0.351 e. The number of hydrogen-bond donors (Lipinski definition) is 3. The molecule has 0 radical (unpaired) electrons. The lowest BCUT2D eigenvalue weighted by Crippen LogP contribution is -2.58. The monoisotopic (exact) mass is 526 g/mol. The third-order valence-corrected chi connectivity index (χ3v) is 6.25. The Kier molecular flexibility index (Phi) is 10.8. The second-order valence-electron chi connectivity index (χ2n) is 9.68. The van der Waals surface area contributed by atoms with Crippen LogP contribution in [-0.2, 0) is 29.2 Å². The van der Waals surface area contributed by atoms with Crippen molar-refractivity contribution in [1.29, 1.82) is 0 Å². The van der Waals surface area contributed by atoms with Gasteiger partial charge in [0.2, 0.25) is 0 Å². The predicted molar refractivity (Wildman–Crippen MR) is 143 cm³/mol. The summed E-state index contributed by atoms with van der Waals surface area (Å²) in [5.74, 6) is -5.21. The first-order chi connectivity index (χ1) is 18.2. The highest BCUT2D eigenvalue weighted by atomic mass is 19.3. The topological polar surface area (TPSA) is 93.8 Å². The van der Waals surface area contributed by atoms with Crippen LogP contribution in [0.1, 0.15) is 30.5 Å². The molecular formula is C30H36F2N2O4. The molecule has 3 rings (SSSR count). The fourth-order valence-electron chi connectivity index (χ4n) is 3.79. The number of aliphatic hydroxyl groups excluding tert-OH is 1. The van der Waals surface area contributed by atoms with E-state index in [0.29, 0.717) is 24.5 Å². The van der Waals surface area contributed by atoms with E-state index < -0.39 is 30.0 Å². The van der Waals surface area contributed by atoms with Crippen LogP contribution in [0.5, 0.6) is 5.75 Å². The molecule has 2 unspecified atom stereocenters. The van der Waals surface area contributed by atoms with Crippen molar-refractivity contribution in [2.24, 2.45) is 11.7 Å². The number of benzene rings is 3. The maximum atomic E-state index is 14.9. The molecule has 1 amide bonds. The summed E-state index contributed by atoms with van der Waals surface area (Å²) >= 11 is 0. The second-order valence-corrected chi connectivity index (χ2v) is 9.68. The van der Waals surface area contributed by atoms with E-state index in [1.807, 2.05) is 60.7 Å². The largest absolute Gasteiger partial charge is 0.489 e. The number of hydrogen-bond acceptors (Lipinski definition) is 5. The minimum atomic E-state index is -4.08. The molecule has 4 N–H and O–H groups in total. The van der Waals surface area contributed by atoms with Gasteiger partial charge in [0, 0.05) is 6.04 Å². The molecule has 38 heavy (non-hydrogen) atoms. The summed E-state index contributed by atoms with van der Waals surface area (Å²) in [5, 5.41) is 12.7. The predicted octanol–water partition coefficient (Wildman–Crippen LogP) is 4.49. The summed E-state index contributed by atoms with van der Waals surface area (Å²) in [6.45, 7) is 4.33. The van der Waals surface area contributed by atoms with Crippen LogP contribution in [-0.4, -0.2) is 41.7 Å². The van der Waals surface area contributed by atoms with Crippen molar-refractivity contribution >= 4 is 5.91 Å². The second kappa shape index (κ2) is 14.0. The Morgan fingerprint density at radius 2 is 1.45 bits per heavy atom. The first kappa shape index (κ1) is 29.2. The van der Waals surface area contributed by atoms with E-state index in [2.05, 4.69) is 5.32 Å². The van der Waals surface area contributed by atoms with Gasteiger partial charge in [-0.15, -0.1) is 0 Å². The molecule has 0 aromatic heterocycles. The number of alkyl halides is 2. The van der Waals surface area contributed by atoms with E-state index in [1.165, 1.54) is 0 Å². The number of carbonyl (C=O) groups excluding carboxylic acids is 1. The Bertz CT molecular complexity index is 1110. The van der Waals surface area contributed by atoms with Crippen molar-refractivity contribution in [2.45, 2.75) is 57.6 Å². The minimum Gasteiger partial charge on any atom is -0.489 e. The number of rotatable bonds is 14. The van der Waals surface area contributed by atoms with Crippen molar-refractivity contribution < 1.29 is 28.2 Å². The van der Waals surface area contributed by atoms with E-state index in [0.717, 1.165) is 11.1 Å². The molecule has 3 aromatic carbocycles. The number of halogens is 2. The third-order valence-electron chi connectivity index (χ3n) is 6.25. The summed E-state index contributed by atoms with van der Waals surface area (Å²) in [6.07, 6.45) is -2.41. The maximum absolute atomic E-state index is 14.9. The van der Waals surface area contributed by atoms with Crippen molar-refractivity contribution in [1.82, 2.24) is 5.32 Å². The minimum absolute atomic E-state index is 0.0448. The van der Waals surface area contributed by atoms with Crippen LogP contribution in [0.3, 0.4) is 0 Å². The lowest BCUT2D eigenvalue weighted by Gasteiger charge is -2.29. The fraction of sp³-hybridized carbons (Fsp3) is 0.367. The average Bonchev–Trinajstić information content (AvgIpc) is 2.92. The van der Waals surface area contributed by atoms with Crippen LogP contribution in [0, 0.1) is 5.92 Å². The van der Waals surface area contributed by atoms with E-state index in [4.69, 9.17) is 15.2 Å². The van der Waals surface area contributed by atoms with Crippen LogP contribution in [0.25, 0.3) is 0 Å². The van der Waals surface area contributed by atoms with Crippen LogP contribution in [0.4, 0.5) is 8.78 Å². The van der Waals surface area contributed by atoms with E-state index in [9.17, 15) is 18.7 Å². The molecule has 0 aliphatic carbocycles. The molecule has 0 saturated heterocycles. The summed E-state index contributed by atoms with van der Waals surface area (Å²) in [5.41, 5.74) is 8.50. The Balaban J connectivity index is 1.51. The highest BCUT2D eigenvalue weighted by Gasteiger charge is 2.49. The number of amides is 1. The molecule has 0 aliphatic heterocycles. The first-order valence-corrected chi connectivity index (χ1v) is 12.7. The van der Waals surface area contributed by atoms with Gasteiger partial charge in [0.1, 0.15) is 18.5 Å². The third kappa shape index (κ3) is 8.62. The van der Waals surface area contributed by atoms with Gasteiger partial charge in [0.05, 0.1) is 19.3 Å². The van der Waals surface area contributed by atoms with Gasteiger partial charge in [-0.3, -0.25) is 4.79 Å². The molecule has 6 nitrogen and oxygen atoms in total.